The molecule has 8 aromatic carbocycles. The largest absolute Gasteiger partial charge is 0.494 e. The van der Waals surface area contributed by atoms with Crippen LogP contribution in [0, 0.1) is 0 Å². The first-order chi connectivity index (χ1) is 46.9. The van der Waals surface area contributed by atoms with Crippen LogP contribution in [0.25, 0.3) is 22.3 Å². The summed E-state index contributed by atoms with van der Waals surface area (Å²) in [6.07, 6.45) is 19.4. The Hall–Kier alpha value is -5.51. The predicted octanol–water partition coefficient (Wildman–Crippen LogP) is 25.2. The van der Waals surface area contributed by atoms with Crippen LogP contribution in [0.1, 0.15) is 277 Å². The summed E-state index contributed by atoms with van der Waals surface area (Å²) >= 11 is 7.96. The van der Waals surface area contributed by atoms with Crippen LogP contribution in [0.15, 0.2) is 179 Å². The topological polar surface area (TPSA) is 40.2 Å². The highest BCUT2D eigenvalue weighted by Crippen LogP contribution is 2.63. The number of halogens is 2. The van der Waals surface area contributed by atoms with Crippen LogP contribution in [-0.2, 0) is 40.3 Å². The minimum atomic E-state index is -0.477. The zero-order valence-corrected chi connectivity index (χ0v) is 66.5. The van der Waals surface area contributed by atoms with Crippen LogP contribution in [0.2, 0.25) is 0 Å². The monoisotopic (exact) mass is 1450 g/mol. The molecule has 4 aliphatic rings. The minimum absolute atomic E-state index is 0.00246. The summed E-state index contributed by atoms with van der Waals surface area (Å²) in [5, 5.41) is 0. The molecule has 0 aromatic heterocycles. The first-order valence-electron chi connectivity index (χ1n) is 37.7. The first-order valence-corrected chi connectivity index (χ1v) is 39.3. The first kappa shape index (κ1) is 74.7. The average Bonchev–Trinajstić information content (AvgIpc) is 1.52. The van der Waals surface area contributed by atoms with Gasteiger partial charge in [0, 0.05) is 31.4 Å². The van der Waals surface area contributed by atoms with Crippen LogP contribution in [0.3, 0.4) is 0 Å². The second-order valence-corrected chi connectivity index (χ2v) is 35.3. The van der Waals surface area contributed by atoms with Gasteiger partial charge in [-0.3, -0.25) is 0 Å². The predicted molar refractivity (Wildman–Crippen MR) is 430 cm³/mol. The van der Waals surface area contributed by atoms with E-state index >= 15 is 0 Å². The molecule has 0 N–H and O–H groups in total. The van der Waals surface area contributed by atoms with Crippen molar-refractivity contribution in [2.45, 2.75) is 271 Å². The maximum Gasteiger partial charge on any atom is 0.494 e. The smallest absolute Gasteiger partial charge is 0.399 e. The van der Waals surface area contributed by atoms with Gasteiger partial charge in [0.25, 0.3) is 0 Å². The van der Waals surface area contributed by atoms with E-state index in [4.69, 9.17) is 18.6 Å². The van der Waals surface area contributed by atoms with Crippen LogP contribution < -0.4 is 15.8 Å². The highest BCUT2D eigenvalue weighted by atomic mass is 79.9. The Balaban J connectivity index is 0.000000212. The number of fused-ring (bicyclic) bond motifs is 6. The van der Waals surface area contributed by atoms with Gasteiger partial charge in [-0.25, -0.2) is 0 Å². The molecule has 0 spiro atoms. The Morgan fingerprint density at radius 3 is 1.11 bits per heavy atom. The molecular weight excluding hydrogens is 1340 g/mol. The van der Waals surface area contributed by atoms with E-state index in [-0.39, 0.29) is 38.6 Å². The molecule has 12 rings (SSSR count). The van der Waals surface area contributed by atoms with E-state index in [0.717, 1.165) is 38.9 Å². The number of hydrogen-bond donors (Lipinski definition) is 0. The Kier molecular flexibility index (Phi) is 22.4. The summed E-state index contributed by atoms with van der Waals surface area (Å²) in [7, 11) is -0.784. The molecule has 522 valence electrons. The van der Waals surface area contributed by atoms with Gasteiger partial charge in [0.05, 0.1) is 27.8 Å². The van der Waals surface area contributed by atoms with Crippen molar-refractivity contribution in [2.75, 3.05) is 4.90 Å². The molecule has 9 heteroatoms. The Morgan fingerprint density at radius 1 is 0.384 bits per heavy atom. The fraction of sp³-hybridized carbons (Fsp3) is 0.467. The zero-order chi connectivity index (χ0) is 71.1. The maximum absolute atomic E-state index is 6.30. The Labute approximate surface area is 615 Å². The van der Waals surface area contributed by atoms with E-state index < -0.39 is 19.7 Å². The third-order valence-electron chi connectivity index (χ3n) is 23.5. The molecule has 5 nitrogen and oxygen atoms in total. The van der Waals surface area contributed by atoms with Crippen molar-refractivity contribution in [3.63, 3.8) is 0 Å². The van der Waals surface area contributed by atoms with Gasteiger partial charge < -0.3 is 23.5 Å². The van der Waals surface area contributed by atoms with Gasteiger partial charge in [0.15, 0.2) is 0 Å². The normalized spacial score (nSPS) is 17.5. The van der Waals surface area contributed by atoms with E-state index in [1.807, 2.05) is 0 Å². The van der Waals surface area contributed by atoms with Crippen molar-refractivity contribution < 1.29 is 18.6 Å². The molecule has 0 bridgehead atoms. The third kappa shape index (κ3) is 15.0. The molecule has 0 amide bonds. The molecule has 1 unspecified atom stereocenters. The second-order valence-electron chi connectivity index (χ2n) is 33.4. The van der Waals surface area contributed by atoms with E-state index in [1.165, 1.54) is 156 Å². The van der Waals surface area contributed by atoms with Gasteiger partial charge in [-0.2, -0.15) is 0 Å². The number of anilines is 3. The summed E-state index contributed by atoms with van der Waals surface area (Å²) in [6, 6.07) is 65.0. The maximum atomic E-state index is 6.30. The average molecular weight is 1450 g/mol. The Bertz CT molecular complexity index is 3880. The van der Waals surface area contributed by atoms with Crippen LogP contribution in [-0.4, -0.2) is 36.6 Å². The molecule has 0 saturated carbocycles. The van der Waals surface area contributed by atoms with Gasteiger partial charge in [0.2, 0.25) is 0 Å². The van der Waals surface area contributed by atoms with Crippen LogP contribution in [0.5, 0.6) is 0 Å². The summed E-state index contributed by atoms with van der Waals surface area (Å²) in [5.41, 5.74) is 21.7. The molecule has 2 aliphatic carbocycles. The van der Waals surface area contributed by atoms with Gasteiger partial charge in [-0.1, -0.05) is 275 Å². The summed E-state index contributed by atoms with van der Waals surface area (Å²) in [4.78, 5) is 2.28. The molecule has 2 saturated heterocycles. The SMILES string of the molecule is CCC(C)c1ccc(N(c2ccc(B3OC(C)(C)C(C)(C)O3)cc2)c2ccc(B3OC(C)(C)C(C)(C)O3)cc2)cc1.CCCCCCCCC1(CCCCCCCC)c2cc(Br)ccc2-c2cc3c(cc21)-c1ccc(Br)cc1C3(c1ccc(C(C)(C)C)cc1)c1ccc(C(C)(C)C)cc1. The number of rotatable bonds is 23. The van der Waals surface area contributed by atoms with Gasteiger partial charge in [0.1, 0.15) is 0 Å². The van der Waals surface area contributed by atoms with E-state index in [2.05, 4.69) is 331 Å². The quantitative estimate of drug-likeness (QED) is 0.0471. The standard InChI is InChI=1S/C56H68Br2.C34H45B2NO4/c1-9-11-13-15-17-19-33-55(34-20-18-16-14-12-10-2)49-35-43(57)29-31-45(49)47-38-52-48(37-50(47)55)46-32-30-44(58)36-51(46)56(52,41-25-21-39(22-26-41)53(3,4)5)42-27-23-40(24-28-42)54(6,7)8;1-11-24(2)25-12-18-28(19-13-25)37(29-20-14-26(15-21-29)35-38-31(3,4)32(5,6)39-35)30-22-16-27(17-23-30)36-40-33(7,8)34(9,10)41-36/h21-32,35-38H,9-20,33-34H2,1-8H3;12-24H,11H2,1-10H3. The molecule has 8 aromatic rings. The van der Waals surface area contributed by atoms with Crippen molar-refractivity contribution in [3.8, 4) is 22.3 Å². The van der Waals surface area contributed by atoms with Gasteiger partial charge in [-0.15, -0.1) is 0 Å². The van der Waals surface area contributed by atoms with Crippen LogP contribution in [0.4, 0.5) is 17.1 Å². The van der Waals surface area contributed by atoms with E-state index in [9.17, 15) is 0 Å². The lowest BCUT2D eigenvalue weighted by atomic mass is 9.66. The highest BCUT2D eigenvalue weighted by molar-refractivity contribution is 9.10. The van der Waals surface area contributed by atoms with E-state index in [1.54, 1.807) is 11.1 Å². The molecule has 0 radical (unpaired) electrons. The molecular formula is C90H113B2Br2NO4. The summed E-state index contributed by atoms with van der Waals surface area (Å²) in [6.45, 7) is 39.7. The lowest BCUT2D eigenvalue weighted by molar-refractivity contribution is 0.00578. The number of nitrogens with zero attached hydrogens (tertiary/aromatic N) is 1. The molecule has 99 heavy (non-hydrogen) atoms. The van der Waals surface area contributed by atoms with Crippen molar-refractivity contribution in [1.29, 1.82) is 0 Å². The van der Waals surface area contributed by atoms with Gasteiger partial charge in [-0.05, 0) is 247 Å². The number of hydrogen-bond acceptors (Lipinski definition) is 5. The third-order valence-corrected chi connectivity index (χ3v) is 24.5. The van der Waals surface area contributed by atoms with Crippen molar-refractivity contribution in [1.82, 2.24) is 0 Å². The minimum Gasteiger partial charge on any atom is -0.399 e. The van der Waals surface area contributed by atoms with Crippen molar-refractivity contribution >= 4 is 74.1 Å². The fourth-order valence-electron chi connectivity index (χ4n) is 15.7. The molecule has 2 heterocycles. The fourth-order valence-corrected chi connectivity index (χ4v) is 16.4. The second kappa shape index (κ2) is 29.7. The zero-order valence-electron chi connectivity index (χ0n) is 63.3. The highest BCUT2D eigenvalue weighted by Gasteiger charge is 2.54. The van der Waals surface area contributed by atoms with Crippen molar-refractivity contribution in [3.05, 3.63) is 229 Å². The van der Waals surface area contributed by atoms with Crippen molar-refractivity contribution in [2.24, 2.45) is 0 Å². The summed E-state index contributed by atoms with van der Waals surface area (Å²) in [5.74, 6) is 0.524. The summed E-state index contributed by atoms with van der Waals surface area (Å²) < 4.78 is 27.5. The molecule has 2 aliphatic heterocycles. The van der Waals surface area contributed by atoms with Crippen LogP contribution >= 0.6 is 31.9 Å². The lowest BCUT2D eigenvalue weighted by Gasteiger charge is -2.36. The van der Waals surface area contributed by atoms with E-state index in [0.29, 0.717) is 5.92 Å². The lowest BCUT2D eigenvalue weighted by Crippen LogP contribution is -2.41. The Morgan fingerprint density at radius 2 is 0.717 bits per heavy atom. The number of benzene rings is 8. The number of unbranched alkanes of at least 4 members (excludes halogenated alkanes) is 10. The van der Waals surface area contributed by atoms with Gasteiger partial charge >= 0.3 is 14.2 Å². The molecule has 2 fully saturated rings. The molecule has 1 atom stereocenters.